The van der Waals surface area contributed by atoms with Crippen molar-refractivity contribution in [2.75, 3.05) is 20.3 Å². The number of rotatable bonds is 17. The van der Waals surface area contributed by atoms with E-state index in [0.29, 0.717) is 19.8 Å². The Morgan fingerprint density at radius 1 is 0.824 bits per heavy atom. The van der Waals surface area contributed by atoms with Crippen LogP contribution in [0.4, 0.5) is 4.79 Å². The lowest BCUT2D eigenvalue weighted by Crippen LogP contribution is -2.47. The topological polar surface area (TPSA) is 154 Å². The van der Waals surface area contributed by atoms with Crippen molar-refractivity contribution in [3.05, 3.63) is 108 Å². The molecule has 14 heteroatoms. The molecule has 1 saturated heterocycles. The van der Waals surface area contributed by atoms with Gasteiger partial charge in [-0.05, 0) is 47.9 Å². The van der Waals surface area contributed by atoms with E-state index in [1.165, 1.54) is 11.8 Å². The molecule has 0 bridgehead atoms. The van der Waals surface area contributed by atoms with Crippen molar-refractivity contribution in [2.45, 2.75) is 83.2 Å². The summed E-state index contributed by atoms with van der Waals surface area (Å²) < 4.78 is 43.3. The van der Waals surface area contributed by atoms with E-state index in [1.807, 2.05) is 91.0 Å². The third kappa shape index (κ3) is 11.6. The number of ether oxygens (including phenoxy) is 7. The minimum Gasteiger partial charge on any atom is -0.467 e. The molecule has 1 fully saturated rings. The molecular formula is C37H45N5O9. The Morgan fingerprint density at radius 3 is 1.92 bits per heavy atom. The van der Waals surface area contributed by atoms with Crippen molar-refractivity contribution in [1.29, 1.82) is 0 Å². The quantitative estimate of drug-likeness (QED) is 0.156. The molecule has 3 aromatic carbocycles. The lowest BCUT2D eigenvalue weighted by molar-refractivity contribution is -0.144. The monoisotopic (exact) mass is 703 g/mol. The van der Waals surface area contributed by atoms with Crippen LogP contribution >= 0.6 is 0 Å². The second kappa shape index (κ2) is 18.4. The number of carbonyl (C=O) groups excluding carboxylic acids is 2. The van der Waals surface area contributed by atoms with Crippen LogP contribution in [0.2, 0.25) is 0 Å². The number of benzene rings is 3. The number of nitrogens with one attached hydrogen (secondary N) is 1. The van der Waals surface area contributed by atoms with Crippen molar-refractivity contribution in [3.8, 4) is 6.01 Å². The number of alkyl carbamates (subject to hydrolysis) is 1. The minimum atomic E-state index is -1.19. The molecule has 5 atom stereocenters. The summed E-state index contributed by atoms with van der Waals surface area (Å²) in [7, 11) is 1.21. The highest BCUT2D eigenvalue weighted by Gasteiger charge is 2.47. The lowest BCUT2D eigenvalue weighted by Gasteiger charge is -2.25. The first kappa shape index (κ1) is 37.4. The Bertz CT molecular complexity index is 1640. The van der Waals surface area contributed by atoms with Gasteiger partial charge in [0, 0.05) is 0 Å². The van der Waals surface area contributed by atoms with E-state index >= 15 is 0 Å². The van der Waals surface area contributed by atoms with Crippen LogP contribution in [0.5, 0.6) is 6.01 Å². The molecule has 0 saturated carbocycles. The van der Waals surface area contributed by atoms with Crippen LogP contribution in [0.25, 0.3) is 0 Å². The first-order valence-electron chi connectivity index (χ1n) is 16.7. The van der Waals surface area contributed by atoms with E-state index < -0.39 is 48.1 Å². The highest BCUT2D eigenvalue weighted by Crippen LogP contribution is 2.31. The lowest BCUT2D eigenvalue weighted by atomic mass is 10.1. The molecule has 51 heavy (non-hydrogen) atoms. The molecule has 4 aromatic rings. The summed E-state index contributed by atoms with van der Waals surface area (Å²) >= 11 is 0. The molecule has 0 spiro atoms. The Kier molecular flexibility index (Phi) is 13.5. The number of hydrogen-bond donors (Lipinski definition) is 1. The van der Waals surface area contributed by atoms with E-state index in [-0.39, 0.29) is 25.8 Å². The summed E-state index contributed by atoms with van der Waals surface area (Å²) in [5.74, 6) is -0.731. The van der Waals surface area contributed by atoms with Gasteiger partial charge in [-0.1, -0.05) is 96.1 Å². The molecule has 0 aliphatic carbocycles. The standard InChI is InChI=1S/C37H45N5O9/c1-37(2,3)51-36(44)38-29(34(43)45-4)24-49-35-39-40-41-42(35)20-30-32(47-22-27-16-10-6-11-17-27)33(48-23-28-18-12-7-13-19-28)31(50-30)25-46-21-26-14-8-5-9-15-26/h5-19,29-33H,20-25H2,1-4H3,(H,38,44)/t29-,30-,31+,32-,33+/m0/s1. The van der Waals surface area contributed by atoms with Crippen molar-refractivity contribution in [2.24, 2.45) is 0 Å². The average Bonchev–Trinajstić information content (AvgIpc) is 3.71. The normalized spacial score (nSPS) is 19.3. The molecule has 1 aliphatic rings. The van der Waals surface area contributed by atoms with Crippen LogP contribution in [0.3, 0.4) is 0 Å². The predicted molar refractivity (Wildman–Crippen MR) is 183 cm³/mol. The summed E-state index contributed by atoms with van der Waals surface area (Å²) in [6.45, 7) is 6.21. The summed E-state index contributed by atoms with van der Waals surface area (Å²) in [5, 5.41) is 14.4. The van der Waals surface area contributed by atoms with Crippen LogP contribution in [-0.4, -0.2) is 88.7 Å². The first-order valence-corrected chi connectivity index (χ1v) is 16.7. The third-order valence-electron chi connectivity index (χ3n) is 7.78. The molecule has 1 aromatic heterocycles. The number of carbonyl (C=O) groups is 2. The van der Waals surface area contributed by atoms with Gasteiger partial charge < -0.3 is 38.5 Å². The largest absolute Gasteiger partial charge is 0.467 e. The summed E-state index contributed by atoms with van der Waals surface area (Å²) in [6, 6.07) is 28.4. The van der Waals surface area contributed by atoms with Crippen LogP contribution in [0, 0.1) is 0 Å². The van der Waals surface area contributed by atoms with E-state index in [1.54, 1.807) is 20.8 Å². The Balaban J connectivity index is 1.33. The molecule has 1 amide bonds. The number of nitrogens with zero attached hydrogens (tertiary/aromatic N) is 4. The van der Waals surface area contributed by atoms with Crippen molar-refractivity contribution in [1.82, 2.24) is 25.5 Å². The maximum Gasteiger partial charge on any atom is 0.408 e. The highest BCUT2D eigenvalue weighted by atomic mass is 16.6. The van der Waals surface area contributed by atoms with Gasteiger partial charge in [0.05, 0.1) is 40.1 Å². The Morgan fingerprint density at radius 2 is 1.37 bits per heavy atom. The second-order valence-corrected chi connectivity index (χ2v) is 12.9. The molecule has 5 rings (SSSR count). The fraction of sp³-hybridized carbons (Fsp3) is 0.432. The number of hydrogen-bond acceptors (Lipinski definition) is 12. The predicted octanol–water partition coefficient (Wildman–Crippen LogP) is 4.27. The fourth-order valence-electron chi connectivity index (χ4n) is 5.39. The average molecular weight is 704 g/mol. The zero-order valence-electron chi connectivity index (χ0n) is 29.3. The van der Waals surface area contributed by atoms with Gasteiger partial charge in [-0.15, -0.1) is 0 Å². The number of esters is 1. The van der Waals surface area contributed by atoms with Crippen LogP contribution in [0.15, 0.2) is 91.0 Å². The third-order valence-corrected chi connectivity index (χ3v) is 7.78. The highest BCUT2D eigenvalue weighted by molar-refractivity contribution is 5.81. The molecule has 0 radical (unpaired) electrons. The molecule has 0 unspecified atom stereocenters. The minimum absolute atomic E-state index is 0.00849. The molecular weight excluding hydrogens is 658 g/mol. The van der Waals surface area contributed by atoms with Gasteiger partial charge in [-0.25, -0.2) is 9.59 Å². The number of amides is 1. The molecule has 14 nitrogen and oxygen atoms in total. The fourth-order valence-corrected chi connectivity index (χ4v) is 5.39. The van der Waals surface area contributed by atoms with Gasteiger partial charge >= 0.3 is 18.1 Å². The van der Waals surface area contributed by atoms with E-state index in [9.17, 15) is 9.59 Å². The summed E-state index contributed by atoms with van der Waals surface area (Å²) in [6.07, 6.45) is -2.97. The van der Waals surface area contributed by atoms with Crippen molar-refractivity contribution in [3.63, 3.8) is 0 Å². The van der Waals surface area contributed by atoms with Gasteiger partial charge in [0.15, 0.2) is 6.04 Å². The van der Waals surface area contributed by atoms with Crippen LogP contribution in [-0.2, 0) is 59.6 Å². The van der Waals surface area contributed by atoms with Gasteiger partial charge in [0.25, 0.3) is 0 Å². The second-order valence-electron chi connectivity index (χ2n) is 12.9. The first-order chi connectivity index (χ1) is 24.7. The maximum absolute atomic E-state index is 12.5. The Hall–Kier alpha value is -4.89. The van der Waals surface area contributed by atoms with Crippen LogP contribution in [0.1, 0.15) is 37.5 Å². The van der Waals surface area contributed by atoms with Gasteiger partial charge in [0.1, 0.15) is 36.6 Å². The molecule has 272 valence electrons. The molecule has 1 aliphatic heterocycles. The smallest absolute Gasteiger partial charge is 0.408 e. The zero-order valence-corrected chi connectivity index (χ0v) is 29.3. The van der Waals surface area contributed by atoms with E-state index in [0.717, 1.165) is 16.7 Å². The SMILES string of the molecule is COC(=O)[C@H](COc1nnnn1C[C@@H]1O[C@H](COCc2ccccc2)[C@@H](OCc2ccccc2)[C@H]1OCc1ccccc1)NC(=O)OC(C)(C)C. The van der Waals surface area contributed by atoms with Gasteiger partial charge in [0.2, 0.25) is 0 Å². The van der Waals surface area contributed by atoms with Crippen molar-refractivity contribution >= 4 is 12.1 Å². The Labute approximate surface area is 297 Å². The molecule has 2 heterocycles. The van der Waals surface area contributed by atoms with Gasteiger partial charge in [-0.2, -0.15) is 4.68 Å². The maximum atomic E-state index is 12.5. The summed E-state index contributed by atoms with van der Waals surface area (Å²) in [5.41, 5.74) is 2.25. The van der Waals surface area contributed by atoms with Crippen molar-refractivity contribution < 1.29 is 42.7 Å². The van der Waals surface area contributed by atoms with Crippen LogP contribution < -0.4 is 10.1 Å². The number of methoxy groups -OCH3 is 1. The van der Waals surface area contributed by atoms with Gasteiger partial charge in [-0.3, -0.25) is 0 Å². The molecule has 1 N–H and O–H groups in total. The zero-order chi connectivity index (χ0) is 36.1. The van der Waals surface area contributed by atoms with E-state index in [4.69, 9.17) is 33.2 Å². The summed E-state index contributed by atoms with van der Waals surface area (Å²) in [4.78, 5) is 24.9. The number of aromatic nitrogens is 4. The van der Waals surface area contributed by atoms with E-state index in [2.05, 4.69) is 20.8 Å². The number of tetrazole rings is 1.